The fourth-order valence-corrected chi connectivity index (χ4v) is 2.99. The van der Waals surface area contributed by atoms with E-state index < -0.39 is 0 Å². The van der Waals surface area contributed by atoms with Gasteiger partial charge in [-0.2, -0.15) is 5.10 Å². The van der Waals surface area contributed by atoms with Gasteiger partial charge in [-0.3, -0.25) is 5.43 Å². The maximum Gasteiger partial charge on any atom is 0.137 e. The third-order valence-electron chi connectivity index (χ3n) is 3.54. The van der Waals surface area contributed by atoms with Crippen LogP contribution in [0.3, 0.4) is 0 Å². The Hall–Kier alpha value is -2.24. The number of rotatable bonds is 4. The van der Waals surface area contributed by atoms with Crippen molar-refractivity contribution in [2.75, 3.05) is 12.5 Å². The molecule has 6 heteroatoms. The lowest BCUT2D eigenvalue weighted by Crippen LogP contribution is -1.93. The first-order valence-corrected chi connectivity index (χ1v) is 8.29. The molecule has 0 radical (unpaired) electrons. The number of nitrogens with one attached hydrogen (secondary N) is 1. The minimum absolute atomic E-state index is 0.170. The molecule has 0 amide bonds. The molecule has 3 aromatic carbocycles. The quantitative estimate of drug-likeness (QED) is 0.450. The number of hydrogen-bond acceptors (Lipinski definition) is 4. The van der Waals surface area contributed by atoms with Crippen molar-refractivity contribution in [3.8, 4) is 11.5 Å². The van der Waals surface area contributed by atoms with Gasteiger partial charge < -0.3 is 9.84 Å². The Morgan fingerprint density at radius 1 is 1.17 bits per heavy atom. The highest BCUT2D eigenvalue weighted by molar-refractivity contribution is 9.10. The summed E-state index contributed by atoms with van der Waals surface area (Å²) in [4.78, 5) is 0. The van der Waals surface area contributed by atoms with E-state index >= 15 is 0 Å². The van der Waals surface area contributed by atoms with Crippen LogP contribution in [0, 0.1) is 0 Å². The Morgan fingerprint density at radius 2 is 2.00 bits per heavy atom. The van der Waals surface area contributed by atoms with E-state index in [9.17, 15) is 5.11 Å². The number of anilines is 1. The zero-order valence-electron chi connectivity index (χ0n) is 12.8. The third-order valence-corrected chi connectivity index (χ3v) is 4.33. The highest BCUT2D eigenvalue weighted by Gasteiger charge is 2.06. The van der Waals surface area contributed by atoms with Crippen molar-refractivity contribution in [2.45, 2.75) is 0 Å². The Bertz CT molecular complexity index is 928. The molecule has 0 heterocycles. The number of methoxy groups -OCH3 is 1. The van der Waals surface area contributed by atoms with Gasteiger partial charge in [0.1, 0.15) is 11.5 Å². The van der Waals surface area contributed by atoms with Gasteiger partial charge in [0.2, 0.25) is 0 Å². The first-order valence-electron chi connectivity index (χ1n) is 7.12. The fourth-order valence-electron chi connectivity index (χ4n) is 2.36. The van der Waals surface area contributed by atoms with Crippen LogP contribution in [-0.4, -0.2) is 18.4 Å². The van der Waals surface area contributed by atoms with Crippen molar-refractivity contribution < 1.29 is 9.84 Å². The van der Waals surface area contributed by atoms with Crippen molar-refractivity contribution in [1.29, 1.82) is 0 Å². The molecule has 2 N–H and O–H groups in total. The molecule has 0 fully saturated rings. The summed E-state index contributed by atoms with van der Waals surface area (Å²) in [5, 5.41) is 16.7. The predicted octanol–water partition coefficient (Wildman–Crippen LogP) is 5.42. The SMILES string of the molecule is COc1ccc(N/N=C/c2c(O)ccc3cc(Br)ccc23)cc1Cl. The summed E-state index contributed by atoms with van der Waals surface area (Å²) >= 11 is 9.53. The van der Waals surface area contributed by atoms with Crippen molar-refractivity contribution in [1.82, 2.24) is 0 Å². The van der Waals surface area contributed by atoms with Gasteiger partial charge in [0.05, 0.1) is 24.0 Å². The molecule has 0 aromatic heterocycles. The standard InChI is InChI=1S/C18H14BrClN2O2/c1-24-18-7-4-13(9-16(18)20)22-21-10-15-14-5-3-12(19)8-11(14)2-6-17(15)23/h2-10,22-23H,1H3/b21-10+. The number of fused-ring (bicyclic) bond motifs is 1. The van der Waals surface area contributed by atoms with Gasteiger partial charge in [-0.15, -0.1) is 0 Å². The molecular weight excluding hydrogens is 392 g/mol. The van der Waals surface area contributed by atoms with Crippen LogP contribution in [0.1, 0.15) is 5.56 Å². The molecule has 24 heavy (non-hydrogen) atoms. The Labute approximate surface area is 152 Å². The van der Waals surface area contributed by atoms with Crippen LogP contribution in [0.15, 0.2) is 58.1 Å². The van der Waals surface area contributed by atoms with E-state index in [1.807, 2.05) is 30.3 Å². The highest BCUT2D eigenvalue weighted by Crippen LogP contribution is 2.29. The predicted molar refractivity (Wildman–Crippen MR) is 103 cm³/mol. The van der Waals surface area contributed by atoms with Crippen LogP contribution in [0.2, 0.25) is 5.02 Å². The second kappa shape index (κ2) is 7.11. The Kier molecular flexibility index (Phi) is 4.92. The van der Waals surface area contributed by atoms with E-state index in [2.05, 4.69) is 26.5 Å². The van der Waals surface area contributed by atoms with Crippen molar-refractivity contribution >= 4 is 50.2 Å². The molecule has 0 spiro atoms. The minimum Gasteiger partial charge on any atom is -0.507 e. The van der Waals surface area contributed by atoms with E-state index in [0.29, 0.717) is 16.3 Å². The number of benzene rings is 3. The number of phenolic OH excluding ortho intramolecular Hbond substituents is 1. The molecule has 0 aliphatic carbocycles. The second-order valence-corrected chi connectivity index (χ2v) is 6.41. The van der Waals surface area contributed by atoms with Crippen LogP contribution in [0.5, 0.6) is 11.5 Å². The Morgan fingerprint density at radius 3 is 2.75 bits per heavy atom. The average Bonchev–Trinajstić information content (AvgIpc) is 2.57. The summed E-state index contributed by atoms with van der Waals surface area (Å²) in [5.74, 6) is 0.770. The monoisotopic (exact) mass is 404 g/mol. The summed E-state index contributed by atoms with van der Waals surface area (Å²) in [6, 6.07) is 14.7. The normalized spacial score (nSPS) is 11.1. The first-order chi connectivity index (χ1) is 11.6. The van der Waals surface area contributed by atoms with E-state index in [0.717, 1.165) is 20.9 Å². The van der Waals surface area contributed by atoms with Crippen molar-refractivity contribution in [3.63, 3.8) is 0 Å². The van der Waals surface area contributed by atoms with Gasteiger partial charge in [0, 0.05) is 10.0 Å². The van der Waals surface area contributed by atoms with Crippen LogP contribution in [0.4, 0.5) is 5.69 Å². The maximum absolute atomic E-state index is 10.1. The van der Waals surface area contributed by atoms with Crippen LogP contribution in [0.25, 0.3) is 10.8 Å². The van der Waals surface area contributed by atoms with Crippen LogP contribution >= 0.6 is 27.5 Å². The van der Waals surface area contributed by atoms with Gasteiger partial charge in [-0.25, -0.2) is 0 Å². The summed E-state index contributed by atoms with van der Waals surface area (Å²) in [6.07, 6.45) is 1.59. The molecule has 3 aromatic rings. The third kappa shape index (κ3) is 3.47. The molecule has 0 unspecified atom stereocenters. The summed E-state index contributed by atoms with van der Waals surface area (Å²) < 4.78 is 6.09. The first kappa shape index (κ1) is 16.6. The molecule has 3 rings (SSSR count). The fraction of sp³-hybridized carbons (Fsp3) is 0.0556. The Balaban J connectivity index is 1.88. The van der Waals surface area contributed by atoms with Gasteiger partial charge in [0.25, 0.3) is 0 Å². The zero-order valence-corrected chi connectivity index (χ0v) is 15.1. The lowest BCUT2D eigenvalue weighted by molar-refractivity contribution is 0.415. The number of nitrogens with zero attached hydrogens (tertiary/aromatic N) is 1. The topological polar surface area (TPSA) is 53.8 Å². The minimum atomic E-state index is 0.170. The molecule has 0 saturated heterocycles. The van der Waals surface area contributed by atoms with Gasteiger partial charge >= 0.3 is 0 Å². The van der Waals surface area contributed by atoms with E-state index in [1.165, 1.54) is 0 Å². The highest BCUT2D eigenvalue weighted by atomic mass is 79.9. The van der Waals surface area contributed by atoms with Crippen LogP contribution < -0.4 is 10.2 Å². The number of aromatic hydroxyl groups is 1. The molecule has 122 valence electrons. The number of phenols is 1. The van der Waals surface area contributed by atoms with E-state index in [-0.39, 0.29) is 5.75 Å². The van der Waals surface area contributed by atoms with Crippen molar-refractivity contribution in [3.05, 3.63) is 63.6 Å². The van der Waals surface area contributed by atoms with E-state index in [1.54, 1.807) is 31.5 Å². The van der Waals surface area contributed by atoms with Gasteiger partial charge in [-0.05, 0) is 47.2 Å². The average molecular weight is 406 g/mol. The number of hydrazone groups is 1. The number of halogens is 2. The van der Waals surface area contributed by atoms with Crippen LogP contribution in [-0.2, 0) is 0 Å². The maximum atomic E-state index is 10.1. The number of ether oxygens (including phenoxy) is 1. The molecule has 0 bridgehead atoms. The molecule has 0 aliphatic heterocycles. The molecule has 0 atom stereocenters. The van der Waals surface area contributed by atoms with Gasteiger partial charge in [0.15, 0.2) is 0 Å². The molecule has 4 nitrogen and oxygen atoms in total. The lowest BCUT2D eigenvalue weighted by Gasteiger charge is -2.07. The molecule has 0 aliphatic rings. The summed E-state index contributed by atoms with van der Waals surface area (Å²) in [7, 11) is 1.56. The second-order valence-electron chi connectivity index (χ2n) is 5.08. The van der Waals surface area contributed by atoms with E-state index in [4.69, 9.17) is 16.3 Å². The zero-order chi connectivity index (χ0) is 17.1. The summed E-state index contributed by atoms with van der Waals surface area (Å²) in [6.45, 7) is 0. The van der Waals surface area contributed by atoms with Crippen molar-refractivity contribution in [2.24, 2.45) is 5.10 Å². The molecule has 0 saturated carbocycles. The number of hydrogen-bond donors (Lipinski definition) is 2. The smallest absolute Gasteiger partial charge is 0.137 e. The largest absolute Gasteiger partial charge is 0.507 e. The molecular formula is C18H14BrClN2O2. The summed E-state index contributed by atoms with van der Waals surface area (Å²) in [5.41, 5.74) is 4.26. The lowest BCUT2D eigenvalue weighted by atomic mass is 10.0. The van der Waals surface area contributed by atoms with Gasteiger partial charge in [-0.1, -0.05) is 39.7 Å².